The molecule has 1 aliphatic rings. The SMILES string of the molecule is CC(C)c1ccc(C2CC(c3nc(-c4cccnc4)no3)NN2)cc1. The van der Waals surface area contributed by atoms with Crippen LogP contribution in [0.2, 0.25) is 0 Å². The molecule has 1 fully saturated rings. The van der Waals surface area contributed by atoms with Crippen molar-refractivity contribution in [2.75, 3.05) is 0 Å². The first-order valence-electron chi connectivity index (χ1n) is 8.55. The van der Waals surface area contributed by atoms with Crippen LogP contribution in [0.1, 0.15) is 55.3 Å². The molecule has 0 bridgehead atoms. The van der Waals surface area contributed by atoms with E-state index in [1.807, 2.05) is 12.1 Å². The molecular weight excluding hydrogens is 314 g/mol. The third-order valence-corrected chi connectivity index (χ3v) is 4.57. The van der Waals surface area contributed by atoms with E-state index < -0.39 is 0 Å². The summed E-state index contributed by atoms with van der Waals surface area (Å²) in [6.45, 7) is 4.41. The summed E-state index contributed by atoms with van der Waals surface area (Å²) in [6.07, 6.45) is 4.31. The van der Waals surface area contributed by atoms with Crippen molar-refractivity contribution in [1.82, 2.24) is 26.0 Å². The largest absolute Gasteiger partial charge is 0.337 e. The highest BCUT2D eigenvalue weighted by Gasteiger charge is 2.30. The Kier molecular flexibility index (Phi) is 4.29. The second-order valence-corrected chi connectivity index (χ2v) is 6.65. The Morgan fingerprint density at radius 2 is 1.88 bits per heavy atom. The van der Waals surface area contributed by atoms with Crippen molar-refractivity contribution < 1.29 is 4.52 Å². The number of nitrogens with zero attached hydrogens (tertiary/aromatic N) is 3. The molecule has 1 aliphatic heterocycles. The monoisotopic (exact) mass is 335 g/mol. The zero-order valence-electron chi connectivity index (χ0n) is 14.3. The number of nitrogens with one attached hydrogen (secondary N) is 2. The van der Waals surface area contributed by atoms with Crippen LogP contribution >= 0.6 is 0 Å². The van der Waals surface area contributed by atoms with Crippen molar-refractivity contribution in [3.63, 3.8) is 0 Å². The molecule has 0 spiro atoms. The van der Waals surface area contributed by atoms with Crippen LogP contribution in [-0.2, 0) is 0 Å². The number of hydrogen-bond acceptors (Lipinski definition) is 6. The van der Waals surface area contributed by atoms with Gasteiger partial charge in [-0.3, -0.25) is 4.98 Å². The molecule has 2 aromatic heterocycles. The van der Waals surface area contributed by atoms with E-state index >= 15 is 0 Å². The van der Waals surface area contributed by atoms with E-state index in [2.05, 4.69) is 64.1 Å². The van der Waals surface area contributed by atoms with Crippen LogP contribution in [0.4, 0.5) is 0 Å². The molecule has 0 radical (unpaired) electrons. The van der Waals surface area contributed by atoms with Gasteiger partial charge in [0.1, 0.15) is 6.04 Å². The molecule has 128 valence electrons. The van der Waals surface area contributed by atoms with E-state index in [-0.39, 0.29) is 12.1 Å². The summed E-state index contributed by atoms with van der Waals surface area (Å²) in [7, 11) is 0. The fourth-order valence-corrected chi connectivity index (χ4v) is 3.04. The number of benzene rings is 1. The maximum absolute atomic E-state index is 5.45. The van der Waals surface area contributed by atoms with E-state index in [0.29, 0.717) is 17.6 Å². The standard InChI is InChI=1S/C19H21N5O/c1-12(2)13-5-7-14(8-6-13)16-10-17(23-22-16)19-21-18(24-25-19)15-4-3-9-20-11-15/h3-9,11-12,16-17,22-23H,10H2,1-2H3. The summed E-state index contributed by atoms with van der Waals surface area (Å²) < 4.78 is 5.45. The minimum absolute atomic E-state index is 0.00676. The molecular formula is C19H21N5O. The fraction of sp³-hybridized carbons (Fsp3) is 0.316. The highest BCUT2D eigenvalue weighted by atomic mass is 16.5. The maximum atomic E-state index is 5.45. The third-order valence-electron chi connectivity index (χ3n) is 4.57. The van der Waals surface area contributed by atoms with Gasteiger partial charge < -0.3 is 4.52 Å². The zero-order chi connectivity index (χ0) is 17.2. The van der Waals surface area contributed by atoms with E-state index in [4.69, 9.17) is 4.52 Å². The Hall–Kier alpha value is -2.57. The molecule has 1 aromatic carbocycles. The van der Waals surface area contributed by atoms with Crippen molar-refractivity contribution in [3.05, 3.63) is 65.8 Å². The summed E-state index contributed by atoms with van der Waals surface area (Å²) in [5, 5.41) is 4.07. The van der Waals surface area contributed by atoms with Crippen molar-refractivity contribution in [3.8, 4) is 11.4 Å². The first-order chi connectivity index (χ1) is 12.2. The van der Waals surface area contributed by atoms with Crippen molar-refractivity contribution >= 4 is 0 Å². The van der Waals surface area contributed by atoms with Crippen LogP contribution in [0.25, 0.3) is 11.4 Å². The summed E-state index contributed by atoms with van der Waals surface area (Å²) in [5.74, 6) is 1.70. The van der Waals surface area contributed by atoms with Gasteiger partial charge in [0, 0.05) is 24.0 Å². The minimum Gasteiger partial charge on any atom is -0.337 e. The van der Waals surface area contributed by atoms with Gasteiger partial charge >= 0.3 is 0 Å². The highest BCUT2D eigenvalue weighted by Crippen LogP contribution is 2.31. The second-order valence-electron chi connectivity index (χ2n) is 6.65. The molecule has 2 N–H and O–H groups in total. The lowest BCUT2D eigenvalue weighted by molar-refractivity contribution is 0.340. The Labute approximate surface area is 146 Å². The van der Waals surface area contributed by atoms with Gasteiger partial charge in [0.2, 0.25) is 11.7 Å². The van der Waals surface area contributed by atoms with Crippen LogP contribution in [0.5, 0.6) is 0 Å². The normalized spacial score (nSPS) is 20.3. The van der Waals surface area contributed by atoms with E-state index in [0.717, 1.165) is 12.0 Å². The van der Waals surface area contributed by atoms with Crippen LogP contribution < -0.4 is 10.9 Å². The van der Waals surface area contributed by atoms with E-state index in [1.54, 1.807) is 12.4 Å². The number of aromatic nitrogens is 3. The quantitative estimate of drug-likeness (QED) is 0.759. The number of pyridine rings is 1. The summed E-state index contributed by atoms with van der Waals surface area (Å²) >= 11 is 0. The predicted octanol–water partition coefficient (Wildman–Crippen LogP) is 3.54. The summed E-state index contributed by atoms with van der Waals surface area (Å²) in [5.41, 5.74) is 10.0. The lowest BCUT2D eigenvalue weighted by atomic mass is 9.97. The molecule has 0 aliphatic carbocycles. The van der Waals surface area contributed by atoms with Gasteiger partial charge in [-0.25, -0.2) is 10.9 Å². The Morgan fingerprint density at radius 1 is 1.08 bits per heavy atom. The van der Waals surface area contributed by atoms with E-state index in [1.165, 1.54) is 11.1 Å². The molecule has 6 nitrogen and oxygen atoms in total. The molecule has 1 saturated heterocycles. The van der Waals surface area contributed by atoms with Crippen LogP contribution in [0.15, 0.2) is 53.3 Å². The lowest BCUT2D eigenvalue weighted by Crippen LogP contribution is -2.26. The number of hydrazine groups is 1. The first kappa shape index (κ1) is 15.9. The predicted molar refractivity (Wildman–Crippen MR) is 94.4 cm³/mol. The van der Waals surface area contributed by atoms with Crippen molar-refractivity contribution in [2.24, 2.45) is 0 Å². The highest BCUT2D eigenvalue weighted by molar-refractivity contribution is 5.51. The van der Waals surface area contributed by atoms with Gasteiger partial charge in [0.15, 0.2) is 0 Å². The first-order valence-corrected chi connectivity index (χ1v) is 8.55. The smallest absolute Gasteiger partial charge is 0.245 e. The number of hydrogen-bond donors (Lipinski definition) is 2. The lowest BCUT2D eigenvalue weighted by Gasteiger charge is -2.11. The van der Waals surface area contributed by atoms with Crippen molar-refractivity contribution in [2.45, 2.75) is 38.3 Å². The maximum Gasteiger partial charge on any atom is 0.245 e. The van der Waals surface area contributed by atoms with Gasteiger partial charge in [0.05, 0.1) is 0 Å². The summed E-state index contributed by atoms with van der Waals surface area (Å²) in [4.78, 5) is 8.60. The molecule has 3 heterocycles. The zero-order valence-corrected chi connectivity index (χ0v) is 14.3. The Morgan fingerprint density at radius 3 is 2.60 bits per heavy atom. The average molecular weight is 335 g/mol. The van der Waals surface area contributed by atoms with Gasteiger partial charge in [0.25, 0.3) is 0 Å². The Bertz CT molecular complexity index is 829. The van der Waals surface area contributed by atoms with Gasteiger partial charge in [-0.15, -0.1) is 0 Å². The molecule has 6 heteroatoms. The average Bonchev–Trinajstić information content (AvgIpc) is 3.32. The molecule has 0 saturated carbocycles. The minimum atomic E-state index is -0.00676. The number of rotatable bonds is 4. The van der Waals surface area contributed by atoms with Crippen LogP contribution in [0.3, 0.4) is 0 Å². The Balaban J connectivity index is 1.46. The molecule has 3 aromatic rings. The van der Waals surface area contributed by atoms with Crippen molar-refractivity contribution in [1.29, 1.82) is 0 Å². The third kappa shape index (κ3) is 3.31. The second kappa shape index (κ2) is 6.74. The van der Waals surface area contributed by atoms with E-state index in [9.17, 15) is 0 Å². The van der Waals surface area contributed by atoms with Gasteiger partial charge in [-0.1, -0.05) is 43.3 Å². The topological polar surface area (TPSA) is 75.9 Å². The molecule has 4 rings (SSSR count). The molecule has 0 amide bonds. The molecule has 2 unspecified atom stereocenters. The molecule has 2 atom stereocenters. The summed E-state index contributed by atoms with van der Waals surface area (Å²) in [6, 6.07) is 12.8. The van der Waals surface area contributed by atoms with Gasteiger partial charge in [-0.05, 0) is 35.6 Å². The molecule has 25 heavy (non-hydrogen) atoms. The van der Waals surface area contributed by atoms with Crippen LogP contribution in [0, 0.1) is 0 Å². The van der Waals surface area contributed by atoms with Crippen LogP contribution in [-0.4, -0.2) is 15.1 Å². The van der Waals surface area contributed by atoms with Gasteiger partial charge in [-0.2, -0.15) is 4.98 Å². The fourth-order valence-electron chi connectivity index (χ4n) is 3.04.